The fourth-order valence-electron chi connectivity index (χ4n) is 1.70. The predicted octanol–water partition coefficient (Wildman–Crippen LogP) is 3.36. The molecule has 0 aromatic rings. The maximum atomic E-state index is 10.3. The molecule has 0 aromatic carbocycles. The molecule has 18 heavy (non-hydrogen) atoms. The lowest BCUT2D eigenvalue weighted by molar-refractivity contribution is -0.137. The average Bonchev–Trinajstić information content (AvgIpc) is 2.34. The van der Waals surface area contributed by atoms with Gasteiger partial charge in [0.05, 0.1) is 0 Å². The fraction of sp³-hybridized carbons (Fsp3) is 0.800. The van der Waals surface area contributed by atoms with E-state index in [0.717, 1.165) is 64.2 Å². The molecule has 0 aliphatic heterocycles. The summed E-state index contributed by atoms with van der Waals surface area (Å²) in [7, 11) is 0. The third kappa shape index (κ3) is 15.0. The van der Waals surface area contributed by atoms with Crippen molar-refractivity contribution in [2.45, 2.75) is 70.6 Å². The zero-order chi connectivity index (χ0) is 13.5. The Labute approximate surface area is 111 Å². The zero-order valence-electron chi connectivity index (χ0n) is 11.3. The van der Waals surface area contributed by atoms with Crippen molar-refractivity contribution >= 4 is 5.97 Å². The Balaban J connectivity index is 3.11. The van der Waals surface area contributed by atoms with Gasteiger partial charge in [-0.25, -0.2) is 0 Å². The first-order valence-corrected chi connectivity index (χ1v) is 7.05. The standard InChI is InChI=1S/C15H26O3/c16-14-12-10-8-6-4-2-1-3-5-7-9-11-13-15(17)18/h16H,3-14H2,(H,17,18). The van der Waals surface area contributed by atoms with Crippen LogP contribution in [-0.2, 0) is 4.79 Å². The molecule has 0 atom stereocenters. The number of rotatable bonds is 11. The van der Waals surface area contributed by atoms with Gasteiger partial charge >= 0.3 is 5.97 Å². The molecule has 0 fully saturated rings. The van der Waals surface area contributed by atoms with Gasteiger partial charge in [-0.15, -0.1) is 11.8 Å². The van der Waals surface area contributed by atoms with E-state index in [1.165, 1.54) is 0 Å². The number of hydrogen-bond acceptors (Lipinski definition) is 2. The van der Waals surface area contributed by atoms with Gasteiger partial charge in [0.1, 0.15) is 0 Å². The molecule has 104 valence electrons. The van der Waals surface area contributed by atoms with E-state index in [1.54, 1.807) is 0 Å². The first kappa shape index (κ1) is 17.0. The largest absolute Gasteiger partial charge is 0.481 e. The second kappa shape index (κ2) is 14.1. The van der Waals surface area contributed by atoms with Crippen LogP contribution < -0.4 is 0 Å². The molecule has 0 radical (unpaired) electrons. The molecular formula is C15H26O3. The van der Waals surface area contributed by atoms with E-state index in [4.69, 9.17) is 10.2 Å². The summed E-state index contributed by atoms with van der Waals surface area (Å²) in [5.41, 5.74) is 0. The number of carboxylic acid groups (broad SMARTS) is 1. The highest BCUT2D eigenvalue weighted by Crippen LogP contribution is 2.05. The van der Waals surface area contributed by atoms with Crippen molar-refractivity contribution in [2.75, 3.05) is 6.61 Å². The normalized spacial score (nSPS) is 9.83. The molecule has 0 aliphatic carbocycles. The Hall–Kier alpha value is -1.01. The smallest absolute Gasteiger partial charge is 0.303 e. The summed E-state index contributed by atoms with van der Waals surface area (Å²) in [6.45, 7) is 0.299. The van der Waals surface area contributed by atoms with Crippen molar-refractivity contribution in [3.8, 4) is 11.8 Å². The molecule has 0 heterocycles. The molecule has 0 aliphatic rings. The minimum atomic E-state index is -0.698. The first-order valence-electron chi connectivity index (χ1n) is 7.05. The third-order valence-electron chi connectivity index (χ3n) is 2.78. The van der Waals surface area contributed by atoms with E-state index in [1.807, 2.05) is 0 Å². The van der Waals surface area contributed by atoms with Gasteiger partial charge in [0, 0.05) is 25.9 Å². The minimum absolute atomic E-state index is 0.291. The average molecular weight is 254 g/mol. The highest BCUT2D eigenvalue weighted by Gasteiger charge is 1.95. The monoisotopic (exact) mass is 254 g/mol. The van der Waals surface area contributed by atoms with Crippen LogP contribution in [0.3, 0.4) is 0 Å². The first-order chi connectivity index (χ1) is 8.77. The van der Waals surface area contributed by atoms with E-state index >= 15 is 0 Å². The zero-order valence-corrected chi connectivity index (χ0v) is 11.3. The molecule has 0 unspecified atom stereocenters. The highest BCUT2D eigenvalue weighted by atomic mass is 16.4. The van der Waals surface area contributed by atoms with Crippen molar-refractivity contribution in [3.05, 3.63) is 0 Å². The van der Waals surface area contributed by atoms with Gasteiger partial charge in [0.2, 0.25) is 0 Å². The predicted molar refractivity (Wildman–Crippen MR) is 73.3 cm³/mol. The lowest BCUT2D eigenvalue weighted by Gasteiger charge is -1.96. The van der Waals surface area contributed by atoms with Crippen LogP contribution in [0, 0.1) is 11.8 Å². The molecule has 0 bridgehead atoms. The van der Waals surface area contributed by atoms with Crippen molar-refractivity contribution in [1.82, 2.24) is 0 Å². The van der Waals surface area contributed by atoms with Crippen molar-refractivity contribution in [2.24, 2.45) is 0 Å². The second-order valence-corrected chi connectivity index (χ2v) is 4.55. The summed E-state index contributed by atoms with van der Waals surface area (Å²) >= 11 is 0. The number of carboxylic acids is 1. The number of hydrogen-bond donors (Lipinski definition) is 2. The molecule has 0 saturated carbocycles. The summed E-state index contributed by atoms with van der Waals surface area (Å²) in [4.78, 5) is 10.3. The van der Waals surface area contributed by atoms with Crippen LogP contribution in [0.4, 0.5) is 0 Å². The van der Waals surface area contributed by atoms with Crippen LogP contribution >= 0.6 is 0 Å². The lowest BCUT2D eigenvalue weighted by Crippen LogP contribution is -1.93. The van der Waals surface area contributed by atoms with Crippen LogP contribution in [0.5, 0.6) is 0 Å². The maximum Gasteiger partial charge on any atom is 0.303 e. The van der Waals surface area contributed by atoms with Gasteiger partial charge in [-0.3, -0.25) is 4.79 Å². The molecule has 0 amide bonds. The van der Waals surface area contributed by atoms with Gasteiger partial charge < -0.3 is 10.2 Å². The Bertz CT molecular complexity index is 250. The third-order valence-corrected chi connectivity index (χ3v) is 2.78. The molecular weight excluding hydrogens is 228 g/mol. The van der Waals surface area contributed by atoms with Crippen LogP contribution in [0.1, 0.15) is 70.6 Å². The summed E-state index contributed by atoms with van der Waals surface area (Å²) in [5.74, 6) is 5.63. The van der Waals surface area contributed by atoms with Gasteiger partial charge in [-0.2, -0.15) is 0 Å². The molecule has 3 nitrogen and oxygen atoms in total. The van der Waals surface area contributed by atoms with Crippen LogP contribution in [0.2, 0.25) is 0 Å². The summed E-state index contributed by atoms with van der Waals surface area (Å²) in [6, 6.07) is 0. The Morgan fingerprint density at radius 2 is 1.28 bits per heavy atom. The molecule has 0 aromatic heterocycles. The Morgan fingerprint density at radius 1 is 0.778 bits per heavy atom. The Morgan fingerprint density at radius 3 is 1.78 bits per heavy atom. The van der Waals surface area contributed by atoms with Gasteiger partial charge in [-0.1, -0.05) is 25.7 Å². The van der Waals surface area contributed by atoms with E-state index in [0.29, 0.717) is 13.0 Å². The SMILES string of the molecule is O=C(O)CCCCCCC#CCCCCCCO. The summed E-state index contributed by atoms with van der Waals surface area (Å²) < 4.78 is 0. The van der Waals surface area contributed by atoms with Crippen LogP contribution in [0.15, 0.2) is 0 Å². The number of carbonyl (C=O) groups is 1. The van der Waals surface area contributed by atoms with E-state index < -0.39 is 5.97 Å². The lowest BCUT2D eigenvalue weighted by atomic mass is 10.1. The number of aliphatic hydroxyl groups is 1. The van der Waals surface area contributed by atoms with E-state index in [2.05, 4.69) is 11.8 Å². The van der Waals surface area contributed by atoms with Gasteiger partial charge in [0.25, 0.3) is 0 Å². The molecule has 2 N–H and O–H groups in total. The maximum absolute atomic E-state index is 10.3. The number of unbranched alkanes of at least 4 members (excludes halogenated alkanes) is 8. The topological polar surface area (TPSA) is 57.5 Å². The number of aliphatic hydroxyl groups excluding tert-OH is 1. The summed E-state index contributed by atoms with van der Waals surface area (Å²) in [6.07, 6.45) is 10.4. The molecule has 0 spiro atoms. The van der Waals surface area contributed by atoms with Gasteiger partial charge in [-0.05, 0) is 25.7 Å². The second-order valence-electron chi connectivity index (χ2n) is 4.55. The summed E-state index contributed by atoms with van der Waals surface area (Å²) in [5, 5.41) is 17.1. The Kier molecular flexibility index (Phi) is 13.3. The van der Waals surface area contributed by atoms with Crippen molar-refractivity contribution < 1.29 is 15.0 Å². The molecule has 0 rings (SSSR count). The minimum Gasteiger partial charge on any atom is -0.481 e. The highest BCUT2D eigenvalue weighted by molar-refractivity contribution is 5.66. The molecule has 3 heteroatoms. The fourth-order valence-corrected chi connectivity index (χ4v) is 1.70. The van der Waals surface area contributed by atoms with Crippen LogP contribution in [-0.4, -0.2) is 22.8 Å². The van der Waals surface area contributed by atoms with E-state index in [-0.39, 0.29) is 0 Å². The quantitative estimate of drug-likeness (QED) is 0.439. The van der Waals surface area contributed by atoms with Gasteiger partial charge in [0.15, 0.2) is 0 Å². The molecule has 0 saturated heterocycles. The van der Waals surface area contributed by atoms with Crippen molar-refractivity contribution in [1.29, 1.82) is 0 Å². The number of aliphatic carboxylic acids is 1. The van der Waals surface area contributed by atoms with E-state index in [9.17, 15) is 4.79 Å². The van der Waals surface area contributed by atoms with Crippen LogP contribution in [0.25, 0.3) is 0 Å². The van der Waals surface area contributed by atoms with Crippen molar-refractivity contribution in [3.63, 3.8) is 0 Å².